The minimum atomic E-state index is -0.129. The molecular weight excluding hydrogens is 564 g/mol. The Labute approximate surface area is 278 Å². The first-order valence-electron chi connectivity index (χ1n) is 19.3. The molecular formula is C38H75N2O5+. The number of amides is 1. The van der Waals surface area contributed by atoms with Crippen molar-refractivity contribution in [3.63, 3.8) is 0 Å². The van der Waals surface area contributed by atoms with Gasteiger partial charge in [-0.2, -0.15) is 0 Å². The maximum atomic E-state index is 13.1. The van der Waals surface area contributed by atoms with Crippen LogP contribution in [-0.2, 0) is 23.9 Å². The molecule has 1 amide bonds. The van der Waals surface area contributed by atoms with Crippen LogP contribution in [0.25, 0.3) is 0 Å². The molecule has 7 nitrogen and oxygen atoms in total. The summed E-state index contributed by atoms with van der Waals surface area (Å²) in [5.74, 6) is -0.502. The molecule has 0 aromatic rings. The largest absolute Gasteiger partial charge is 0.464 e. The van der Waals surface area contributed by atoms with Gasteiger partial charge in [-0.3, -0.25) is 14.4 Å². The topological polar surface area (TPSA) is 101 Å². The predicted molar refractivity (Wildman–Crippen MR) is 187 cm³/mol. The number of hydrogen-bond acceptors (Lipinski definition) is 5. The molecule has 0 spiro atoms. The molecule has 0 unspecified atom stereocenters. The van der Waals surface area contributed by atoms with Crippen LogP contribution in [0, 0.1) is 11.8 Å². The fourth-order valence-corrected chi connectivity index (χ4v) is 6.01. The third-order valence-electron chi connectivity index (χ3n) is 9.07. The molecule has 0 bridgehead atoms. The van der Waals surface area contributed by atoms with Gasteiger partial charge in [0.25, 0.3) is 5.91 Å². The maximum Gasteiger partial charge on any atom is 0.308 e. The highest BCUT2D eigenvalue weighted by molar-refractivity contribution is 5.77. The lowest BCUT2D eigenvalue weighted by atomic mass is 9.94. The van der Waals surface area contributed by atoms with Gasteiger partial charge in [-0.05, 0) is 25.7 Å². The van der Waals surface area contributed by atoms with Crippen molar-refractivity contribution in [1.82, 2.24) is 4.90 Å². The van der Waals surface area contributed by atoms with Crippen molar-refractivity contribution in [2.24, 2.45) is 11.8 Å². The van der Waals surface area contributed by atoms with Crippen LogP contribution in [0.15, 0.2) is 0 Å². The van der Waals surface area contributed by atoms with E-state index in [1.54, 1.807) is 4.90 Å². The molecule has 0 aromatic carbocycles. The highest BCUT2D eigenvalue weighted by Crippen LogP contribution is 2.22. The molecule has 0 aromatic heterocycles. The van der Waals surface area contributed by atoms with Crippen LogP contribution in [0.4, 0.5) is 0 Å². The average Bonchev–Trinajstić information content (AvgIpc) is 3.04. The van der Waals surface area contributed by atoms with Crippen LogP contribution >= 0.6 is 0 Å². The summed E-state index contributed by atoms with van der Waals surface area (Å²) in [6.45, 7) is 9.92. The zero-order valence-corrected chi connectivity index (χ0v) is 30.4. The quantitative estimate of drug-likeness (QED) is 0.0571. The molecule has 7 heteroatoms. The summed E-state index contributed by atoms with van der Waals surface area (Å²) < 4.78 is 11.5. The number of nitrogens with zero attached hydrogens (tertiary/aromatic N) is 1. The van der Waals surface area contributed by atoms with E-state index in [0.717, 1.165) is 77.0 Å². The third-order valence-corrected chi connectivity index (χ3v) is 9.07. The number of carbonyl (C=O) groups is 3. The van der Waals surface area contributed by atoms with E-state index in [9.17, 15) is 14.4 Å². The van der Waals surface area contributed by atoms with Gasteiger partial charge < -0.3 is 20.1 Å². The van der Waals surface area contributed by atoms with Gasteiger partial charge in [0.1, 0.15) is 13.2 Å². The summed E-state index contributed by atoms with van der Waals surface area (Å²) in [5.41, 5.74) is 3.76. The lowest BCUT2D eigenvalue weighted by Gasteiger charge is -2.23. The lowest BCUT2D eigenvalue weighted by Crippen LogP contribution is -2.58. The molecule has 0 fully saturated rings. The minimum absolute atomic E-state index is 0.0629. The Morgan fingerprint density at radius 3 is 1.04 bits per heavy atom. The second-order valence-electron chi connectivity index (χ2n) is 13.2. The van der Waals surface area contributed by atoms with Gasteiger partial charge >= 0.3 is 11.9 Å². The monoisotopic (exact) mass is 640 g/mol. The zero-order valence-electron chi connectivity index (χ0n) is 30.4. The standard InChI is InChI=1S/C38H74N2O5/c1-5-9-13-17-21-25-34(26-22-18-14-10-6-2)37(42)44-31-29-40(36(41)33-39)30-32-45-38(43)35(27-23-19-15-11-7-3)28-24-20-16-12-8-4/h34-35H,5-33,39H2,1-4H3/p+1. The number of unbranched alkanes of at least 4 members (excludes halogenated alkanes) is 16. The Morgan fingerprint density at radius 2 is 0.778 bits per heavy atom. The number of carbonyl (C=O) groups excluding carboxylic acids is 3. The number of rotatable bonds is 33. The predicted octanol–water partition coefficient (Wildman–Crippen LogP) is 8.82. The van der Waals surface area contributed by atoms with E-state index in [1.807, 2.05) is 0 Å². The smallest absolute Gasteiger partial charge is 0.308 e. The third kappa shape index (κ3) is 25.2. The minimum Gasteiger partial charge on any atom is -0.464 e. The summed E-state index contributed by atoms with van der Waals surface area (Å²) in [4.78, 5) is 40.4. The van der Waals surface area contributed by atoms with E-state index in [4.69, 9.17) is 9.47 Å². The Balaban J connectivity index is 4.86. The summed E-state index contributed by atoms with van der Waals surface area (Å²) in [5, 5.41) is 0. The van der Waals surface area contributed by atoms with Crippen molar-refractivity contribution in [3.8, 4) is 0 Å². The first-order chi connectivity index (χ1) is 21.9. The molecule has 0 aliphatic carbocycles. The van der Waals surface area contributed by atoms with Gasteiger partial charge in [0.2, 0.25) is 0 Å². The highest BCUT2D eigenvalue weighted by atomic mass is 16.5. The first-order valence-corrected chi connectivity index (χ1v) is 19.3. The molecule has 0 radical (unpaired) electrons. The van der Waals surface area contributed by atoms with Gasteiger partial charge in [0.05, 0.1) is 24.9 Å². The fraction of sp³-hybridized carbons (Fsp3) is 0.921. The Bertz CT molecular complexity index is 624. The second kappa shape index (κ2) is 32.3. The summed E-state index contributed by atoms with van der Waals surface area (Å²) in [6, 6.07) is 0. The van der Waals surface area contributed by atoms with Gasteiger partial charge in [0.15, 0.2) is 6.54 Å². The zero-order chi connectivity index (χ0) is 33.4. The molecule has 45 heavy (non-hydrogen) atoms. The van der Waals surface area contributed by atoms with E-state index in [-0.39, 0.29) is 49.4 Å². The molecule has 266 valence electrons. The van der Waals surface area contributed by atoms with E-state index in [0.29, 0.717) is 13.1 Å². The Hall–Kier alpha value is -1.63. The van der Waals surface area contributed by atoms with Gasteiger partial charge in [0, 0.05) is 0 Å². The second-order valence-corrected chi connectivity index (χ2v) is 13.2. The van der Waals surface area contributed by atoms with Crippen LogP contribution in [0.1, 0.15) is 182 Å². The molecule has 3 N–H and O–H groups in total. The van der Waals surface area contributed by atoms with Gasteiger partial charge in [-0.25, -0.2) is 0 Å². The molecule has 0 aliphatic heterocycles. The molecule has 0 atom stereocenters. The number of hydrogen-bond donors (Lipinski definition) is 1. The van der Waals surface area contributed by atoms with Crippen molar-refractivity contribution >= 4 is 17.8 Å². The fourth-order valence-electron chi connectivity index (χ4n) is 6.01. The van der Waals surface area contributed by atoms with Crippen molar-refractivity contribution in [2.75, 3.05) is 32.8 Å². The maximum absolute atomic E-state index is 13.1. The van der Waals surface area contributed by atoms with E-state index in [2.05, 4.69) is 33.4 Å². The SMILES string of the molecule is CCCCCCCC(CCCCCCC)C(=O)OCCN(CCOC(=O)C(CCCCCCC)CCCCCCC)C(=O)C[NH3+]. The highest BCUT2D eigenvalue weighted by Gasteiger charge is 2.22. The van der Waals surface area contributed by atoms with Crippen molar-refractivity contribution in [1.29, 1.82) is 0 Å². The van der Waals surface area contributed by atoms with E-state index >= 15 is 0 Å². The van der Waals surface area contributed by atoms with E-state index < -0.39 is 0 Å². The summed E-state index contributed by atoms with van der Waals surface area (Å²) in [7, 11) is 0. The average molecular weight is 640 g/mol. The van der Waals surface area contributed by atoms with E-state index in [1.165, 1.54) is 77.0 Å². The molecule has 0 rings (SSSR count). The molecule has 0 saturated heterocycles. The van der Waals surface area contributed by atoms with Crippen LogP contribution in [0.3, 0.4) is 0 Å². The summed E-state index contributed by atoms with van der Waals surface area (Å²) in [6.07, 6.45) is 27.1. The van der Waals surface area contributed by atoms with Gasteiger partial charge in [-0.1, -0.05) is 156 Å². The van der Waals surface area contributed by atoms with Crippen molar-refractivity contribution < 1.29 is 29.6 Å². The Kier molecular flexibility index (Phi) is 31.1. The number of esters is 2. The molecule has 0 aliphatic rings. The lowest BCUT2D eigenvalue weighted by molar-refractivity contribution is -0.357. The normalized spacial score (nSPS) is 11.4. The summed E-state index contributed by atoms with van der Waals surface area (Å²) >= 11 is 0. The first kappa shape index (κ1) is 43.4. The van der Waals surface area contributed by atoms with Crippen LogP contribution in [0.2, 0.25) is 0 Å². The van der Waals surface area contributed by atoms with Crippen LogP contribution < -0.4 is 5.73 Å². The Morgan fingerprint density at radius 1 is 0.489 bits per heavy atom. The number of ether oxygens (including phenoxy) is 2. The number of quaternary nitrogens is 1. The molecule has 0 saturated carbocycles. The van der Waals surface area contributed by atoms with Crippen LogP contribution in [0.5, 0.6) is 0 Å². The van der Waals surface area contributed by atoms with Crippen molar-refractivity contribution in [2.45, 2.75) is 182 Å². The van der Waals surface area contributed by atoms with Crippen molar-refractivity contribution in [3.05, 3.63) is 0 Å². The molecule has 0 heterocycles. The van der Waals surface area contributed by atoms with Crippen LogP contribution in [-0.4, -0.2) is 55.6 Å². The van der Waals surface area contributed by atoms with Gasteiger partial charge in [-0.15, -0.1) is 0 Å².